The zero-order valence-corrected chi connectivity index (χ0v) is 11.2. The van der Waals surface area contributed by atoms with Gasteiger partial charge in [-0.2, -0.15) is 0 Å². The molecule has 110 valence electrons. The predicted molar refractivity (Wildman–Crippen MR) is 67.8 cm³/mol. The second-order valence-corrected chi connectivity index (χ2v) is 3.69. The summed E-state index contributed by atoms with van der Waals surface area (Å²) in [4.78, 5) is 33.0. The number of amides is 3. The molecule has 0 rings (SSSR count). The van der Waals surface area contributed by atoms with E-state index in [9.17, 15) is 14.4 Å². The zero-order valence-electron chi connectivity index (χ0n) is 11.2. The number of nitrogens with one attached hydrogen (secondary N) is 3. The highest BCUT2D eigenvalue weighted by molar-refractivity contribution is 5.83. The predicted octanol–water partition coefficient (Wildman–Crippen LogP) is -0.698. The van der Waals surface area contributed by atoms with E-state index in [0.717, 1.165) is 0 Å². The van der Waals surface area contributed by atoms with Crippen LogP contribution in [0.4, 0.5) is 4.79 Å². The Bertz CT molecular complexity index is 309. The van der Waals surface area contributed by atoms with Crippen LogP contribution in [0.1, 0.15) is 20.3 Å². The molecule has 3 amide bonds. The van der Waals surface area contributed by atoms with Gasteiger partial charge in [-0.3, -0.25) is 9.59 Å². The van der Waals surface area contributed by atoms with Crippen molar-refractivity contribution >= 4 is 17.9 Å². The van der Waals surface area contributed by atoms with E-state index >= 15 is 0 Å². The van der Waals surface area contributed by atoms with Crippen LogP contribution >= 0.6 is 0 Å². The molecule has 0 aromatic heterocycles. The third-order valence-corrected chi connectivity index (χ3v) is 2.08. The van der Waals surface area contributed by atoms with Gasteiger partial charge in [-0.25, -0.2) is 4.79 Å². The lowest BCUT2D eigenvalue weighted by atomic mass is 10.2. The molecule has 0 aromatic carbocycles. The average Bonchev–Trinajstić information content (AvgIpc) is 2.33. The van der Waals surface area contributed by atoms with Gasteiger partial charge in [-0.15, -0.1) is 0 Å². The fourth-order valence-corrected chi connectivity index (χ4v) is 1.31. The number of carboxylic acids is 1. The van der Waals surface area contributed by atoms with Crippen molar-refractivity contribution in [2.75, 3.05) is 26.2 Å². The van der Waals surface area contributed by atoms with Gasteiger partial charge in [-0.05, 0) is 13.8 Å². The van der Waals surface area contributed by atoms with Gasteiger partial charge in [-0.1, -0.05) is 0 Å². The van der Waals surface area contributed by atoms with E-state index in [4.69, 9.17) is 9.84 Å². The third kappa shape index (κ3) is 9.83. The van der Waals surface area contributed by atoms with Crippen molar-refractivity contribution in [1.82, 2.24) is 16.0 Å². The molecule has 0 aliphatic carbocycles. The molecular weight excluding hydrogens is 254 g/mol. The van der Waals surface area contributed by atoms with Gasteiger partial charge < -0.3 is 25.8 Å². The molecule has 0 bridgehead atoms. The van der Waals surface area contributed by atoms with E-state index in [0.29, 0.717) is 13.2 Å². The summed E-state index contributed by atoms with van der Waals surface area (Å²) in [6.45, 7) is 4.31. The molecule has 0 aliphatic rings. The van der Waals surface area contributed by atoms with E-state index in [1.807, 2.05) is 0 Å². The Kier molecular flexibility index (Phi) is 9.15. The molecule has 0 aliphatic heterocycles. The van der Waals surface area contributed by atoms with Crippen LogP contribution in [0.25, 0.3) is 0 Å². The van der Waals surface area contributed by atoms with E-state index in [1.54, 1.807) is 13.8 Å². The van der Waals surface area contributed by atoms with Gasteiger partial charge in [0.15, 0.2) is 0 Å². The molecule has 1 atom stereocenters. The van der Waals surface area contributed by atoms with Gasteiger partial charge in [0.05, 0.1) is 19.1 Å². The summed E-state index contributed by atoms with van der Waals surface area (Å²) < 4.78 is 5.16. The average molecular weight is 275 g/mol. The number of carbonyl (C=O) groups is 3. The third-order valence-electron chi connectivity index (χ3n) is 2.08. The minimum Gasteiger partial charge on any atom is -0.481 e. The van der Waals surface area contributed by atoms with Crippen molar-refractivity contribution in [3.05, 3.63) is 0 Å². The summed E-state index contributed by atoms with van der Waals surface area (Å²) in [5.41, 5.74) is 0. The molecule has 0 spiro atoms. The number of carboxylic acid groups (broad SMARTS) is 1. The Labute approximate surface area is 111 Å². The zero-order chi connectivity index (χ0) is 14.7. The van der Waals surface area contributed by atoms with Crippen LogP contribution < -0.4 is 16.0 Å². The van der Waals surface area contributed by atoms with Gasteiger partial charge >= 0.3 is 12.0 Å². The Morgan fingerprint density at radius 1 is 1.16 bits per heavy atom. The maximum atomic E-state index is 11.3. The maximum Gasteiger partial charge on any atom is 0.315 e. The number of ether oxygens (including phenoxy) is 1. The Hall–Kier alpha value is -1.83. The smallest absolute Gasteiger partial charge is 0.315 e. The van der Waals surface area contributed by atoms with Crippen molar-refractivity contribution in [2.45, 2.75) is 26.4 Å². The van der Waals surface area contributed by atoms with Crippen LogP contribution in [0.15, 0.2) is 0 Å². The van der Waals surface area contributed by atoms with Crippen molar-refractivity contribution < 1.29 is 24.2 Å². The van der Waals surface area contributed by atoms with E-state index in [1.165, 1.54) is 0 Å². The second kappa shape index (κ2) is 10.1. The van der Waals surface area contributed by atoms with Gasteiger partial charge in [0.25, 0.3) is 0 Å². The number of likely N-dealkylation sites (N-methyl/N-ethyl adjacent to an activating group) is 1. The normalized spacial score (nSPS) is 11.5. The topological polar surface area (TPSA) is 117 Å². The van der Waals surface area contributed by atoms with Crippen molar-refractivity contribution in [3.63, 3.8) is 0 Å². The van der Waals surface area contributed by atoms with Gasteiger partial charge in [0.2, 0.25) is 5.91 Å². The first-order valence-corrected chi connectivity index (χ1v) is 6.11. The largest absolute Gasteiger partial charge is 0.481 e. The summed E-state index contributed by atoms with van der Waals surface area (Å²) in [7, 11) is 0. The van der Waals surface area contributed by atoms with E-state index in [2.05, 4.69) is 16.0 Å². The quantitative estimate of drug-likeness (QED) is 0.444. The molecule has 1 unspecified atom stereocenters. The summed E-state index contributed by atoms with van der Waals surface area (Å²) in [6.07, 6.45) is -0.775. The Balaban J connectivity index is 3.90. The molecule has 0 fully saturated rings. The number of rotatable bonds is 9. The summed E-state index contributed by atoms with van der Waals surface area (Å²) in [6, 6.07) is -0.540. The minimum absolute atomic E-state index is 0.0708. The molecule has 0 heterocycles. The lowest BCUT2D eigenvalue weighted by molar-refractivity contribution is -0.140. The van der Waals surface area contributed by atoms with Crippen molar-refractivity contribution in [1.29, 1.82) is 0 Å². The van der Waals surface area contributed by atoms with Crippen LogP contribution in [0.3, 0.4) is 0 Å². The highest BCUT2D eigenvalue weighted by Gasteiger charge is 2.14. The minimum atomic E-state index is -0.997. The SMILES string of the molecule is CCNC(=O)CNC(=O)NCC(CC(=O)O)OCC. The molecule has 0 radical (unpaired) electrons. The standard InChI is InChI=1S/C11H21N3O5/c1-3-12-9(15)7-14-11(18)13-6-8(19-4-2)5-10(16)17/h8H,3-7H2,1-2H3,(H,12,15)(H,16,17)(H2,13,14,18). The van der Waals surface area contributed by atoms with Crippen LogP contribution in [0, 0.1) is 0 Å². The lowest BCUT2D eigenvalue weighted by Gasteiger charge is -2.15. The van der Waals surface area contributed by atoms with Gasteiger partial charge in [0.1, 0.15) is 0 Å². The molecule has 8 nitrogen and oxygen atoms in total. The monoisotopic (exact) mass is 275 g/mol. The number of carbonyl (C=O) groups excluding carboxylic acids is 2. The van der Waals surface area contributed by atoms with E-state index in [-0.39, 0.29) is 25.4 Å². The fraction of sp³-hybridized carbons (Fsp3) is 0.727. The van der Waals surface area contributed by atoms with E-state index < -0.39 is 18.1 Å². The molecule has 8 heteroatoms. The molecular formula is C11H21N3O5. The first kappa shape index (κ1) is 17.2. The number of hydrogen-bond donors (Lipinski definition) is 4. The van der Waals surface area contributed by atoms with Crippen molar-refractivity contribution in [2.24, 2.45) is 0 Å². The molecule has 0 saturated carbocycles. The summed E-state index contributed by atoms with van der Waals surface area (Å²) in [5.74, 6) is -1.28. The highest BCUT2D eigenvalue weighted by Crippen LogP contribution is 1.97. The number of hydrogen-bond acceptors (Lipinski definition) is 4. The number of aliphatic carboxylic acids is 1. The highest BCUT2D eigenvalue weighted by atomic mass is 16.5. The molecule has 0 saturated heterocycles. The molecule has 4 N–H and O–H groups in total. The maximum absolute atomic E-state index is 11.3. The molecule has 19 heavy (non-hydrogen) atoms. The summed E-state index contributed by atoms with van der Waals surface area (Å²) >= 11 is 0. The van der Waals surface area contributed by atoms with Crippen molar-refractivity contribution in [3.8, 4) is 0 Å². The van der Waals surface area contributed by atoms with Gasteiger partial charge in [0, 0.05) is 19.7 Å². The van der Waals surface area contributed by atoms with Crippen LogP contribution in [-0.2, 0) is 14.3 Å². The van der Waals surface area contributed by atoms with Crippen LogP contribution in [-0.4, -0.2) is 55.4 Å². The Morgan fingerprint density at radius 3 is 2.37 bits per heavy atom. The summed E-state index contributed by atoms with van der Waals surface area (Å²) in [5, 5.41) is 16.0. The Morgan fingerprint density at radius 2 is 1.84 bits per heavy atom. The first-order valence-electron chi connectivity index (χ1n) is 6.11. The van der Waals surface area contributed by atoms with Crippen LogP contribution in [0.2, 0.25) is 0 Å². The first-order chi connectivity index (χ1) is 8.99. The second-order valence-electron chi connectivity index (χ2n) is 3.69. The van der Waals surface area contributed by atoms with Crippen LogP contribution in [0.5, 0.6) is 0 Å². The number of urea groups is 1. The lowest BCUT2D eigenvalue weighted by Crippen LogP contribution is -2.44. The molecule has 0 aromatic rings. The fourth-order valence-electron chi connectivity index (χ4n) is 1.31.